The number of aliphatic hydroxyl groups is 1. The van der Waals surface area contributed by atoms with Gasteiger partial charge in [-0.2, -0.15) is 13.2 Å². The molecule has 4 rings (SSSR count). The molecule has 0 aliphatic carbocycles. The van der Waals surface area contributed by atoms with Crippen LogP contribution in [0.5, 0.6) is 5.75 Å². The first-order chi connectivity index (χ1) is 17.3. The van der Waals surface area contributed by atoms with Crippen molar-refractivity contribution in [2.75, 3.05) is 31.6 Å². The van der Waals surface area contributed by atoms with E-state index in [2.05, 4.69) is 10.3 Å². The number of aliphatic hydroxyl groups excluding tert-OH is 1. The summed E-state index contributed by atoms with van der Waals surface area (Å²) in [4.78, 5) is 18.7. The van der Waals surface area contributed by atoms with E-state index in [0.717, 1.165) is 18.1 Å². The molecule has 1 aliphatic heterocycles. The second-order valence-electron chi connectivity index (χ2n) is 8.67. The second-order valence-corrected chi connectivity index (χ2v) is 8.67. The number of anilines is 1. The third-order valence-electron chi connectivity index (χ3n) is 6.47. The molecule has 0 saturated carbocycles. The molecule has 9 heteroatoms. The molecule has 2 heterocycles. The number of nitrogens with one attached hydrogen (secondary N) is 1. The number of halogens is 3. The number of hydrogen-bond acceptors (Lipinski definition) is 5. The Balaban J connectivity index is 1.60. The lowest BCUT2D eigenvalue weighted by Gasteiger charge is -2.26. The van der Waals surface area contributed by atoms with Gasteiger partial charge in [-0.05, 0) is 72.5 Å². The third-order valence-corrected chi connectivity index (χ3v) is 6.47. The Bertz CT molecular complexity index is 1170. The van der Waals surface area contributed by atoms with Crippen molar-refractivity contribution in [3.05, 3.63) is 89.2 Å². The Morgan fingerprint density at radius 3 is 2.47 bits per heavy atom. The van der Waals surface area contributed by atoms with Crippen molar-refractivity contribution >= 4 is 11.6 Å². The number of hydrogen-bond donors (Lipinski definition) is 2. The van der Waals surface area contributed by atoms with E-state index in [1.54, 1.807) is 36.7 Å². The van der Waals surface area contributed by atoms with Gasteiger partial charge in [0.2, 0.25) is 0 Å². The second kappa shape index (κ2) is 11.1. The number of alkyl halides is 3. The zero-order valence-corrected chi connectivity index (χ0v) is 19.8. The van der Waals surface area contributed by atoms with E-state index in [1.165, 1.54) is 24.1 Å². The van der Waals surface area contributed by atoms with Gasteiger partial charge >= 0.3 is 6.18 Å². The van der Waals surface area contributed by atoms with E-state index in [-0.39, 0.29) is 24.2 Å². The van der Waals surface area contributed by atoms with Crippen molar-refractivity contribution in [2.45, 2.75) is 31.0 Å². The number of carbonyl (C=O) groups excluding carboxylic acids is 1. The van der Waals surface area contributed by atoms with Gasteiger partial charge in [0.05, 0.1) is 12.7 Å². The number of ether oxygens (including phenoxy) is 1. The molecule has 2 aromatic carbocycles. The summed E-state index contributed by atoms with van der Waals surface area (Å²) in [6, 6.07) is 14.3. The molecule has 1 aliphatic rings. The van der Waals surface area contributed by atoms with E-state index in [0.29, 0.717) is 24.4 Å². The summed E-state index contributed by atoms with van der Waals surface area (Å²) < 4.78 is 47.1. The quantitative estimate of drug-likeness (QED) is 0.459. The van der Waals surface area contributed by atoms with Gasteiger partial charge in [-0.3, -0.25) is 9.78 Å². The van der Waals surface area contributed by atoms with Crippen LogP contribution in [0.2, 0.25) is 0 Å². The number of carbonyl (C=O) groups is 1. The van der Waals surface area contributed by atoms with Crippen LogP contribution in [0.4, 0.5) is 18.9 Å². The highest BCUT2D eigenvalue weighted by Gasteiger charge is 2.41. The minimum absolute atomic E-state index is 0.00695. The Hall–Kier alpha value is -3.43. The van der Waals surface area contributed by atoms with Crippen LogP contribution < -0.4 is 15.0 Å². The number of rotatable bonds is 8. The molecule has 1 amide bonds. The van der Waals surface area contributed by atoms with Crippen LogP contribution in [-0.2, 0) is 23.8 Å². The average Bonchev–Trinajstić information content (AvgIpc) is 2.98. The number of aromatic nitrogens is 1. The number of nitrogens with zero attached hydrogens (tertiary/aromatic N) is 2. The predicted molar refractivity (Wildman–Crippen MR) is 130 cm³/mol. The lowest BCUT2D eigenvalue weighted by Crippen LogP contribution is -2.44. The third kappa shape index (κ3) is 5.68. The fourth-order valence-electron chi connectivity index (χ4n) is 4.57. The maximum Gasteiger partial charge on any atom is 0.416 e. The fourth-order valence-corrected chi connectivity index (χ4v) is 4.57. The molecule has 3 aromatic rings. The molecule has 2 N–H and O–H groups in total. The van der Waals surface area contributed by atoms with Crippen molar-refractivity contribution in [2.24, 2.45) is 0 Å². The Kier molecular flexibility index (Phi) is 7.91. The number of fused-ring (bicyclic) bond motifs is 1. The van der Waals surface area contributed by atoms with E-state index in [1.807, 2.05) is 12.1 Å². The summed E-state index contributed by atoms with van der Waals surface area (Å²) in [6.45, 7) is 1.10. The minimum Gasteiger partial charge on any atom is -0.497 e. The summed E-state index contributed by atoms with van der Waals surface area (Å²) in [5, 5.41) is 14.3. The zero-order valence-electron chi connectivity index (χ0n) is 19.8. The van der Waals surface area contributed by atoms with Crippen LogP contribution in [0.3, 0.4) is 0 Å². The molecule has 6 nitrogen and oxygen atoms in total. The first-order valence-corrected chi connectivity index (χ1v) is 11.7. The number of methoxy groups -OCH3 is 1. The van der Waals surface area contributed by atoms with E-state index >= 15 is 0 Å². The monoisotopic (exact) mass is 499 g/mol. The fraction of sp³-hybridized carbons (Fsp3) is 0.333. The van der Waals surface area contributed by atoms with Gasteiger partial charge in [0, 0.05) is 37.1 Å². The van der Waals surface area contributed by atoms with Crippen LogP contribution in [0.25, 0.3) is 0 Å². The van der Waals surface area contributed by atoms with Gasteiger partial charge in [0.15, 0.2) is 0 Å². The van der Waals surface area contributed by atoms with Crippen molar-refractivity contribution in [3.8, 4) is 5.75 Å². The summed E-state index contributed by atoms with van der Waals surface area (Å²) >= 11 is 0. The van der Waals surface area contributed by atoms with Crippen LogP contribution in [-0.4, -0.2) is 48.8 Å². The summed E-state index contributed by atoms with van der Waals surface area (Å²) in [7, 11) is 1.51. The standard InChI is InChI=1S/C27H28F3N3O3/c1-36-20-7-5-19(6-8-20)21-17-22-23(27(28,29)30)3-2-4-24(22)33(26(35)25(21)34)16-15-32-14-11-18-9-12-31-13-10-18/h2-10,12-13,21,25,32,34H,11,14-17H2,1H3/t21?,25-/m1/s1. The topological polar surface area (TPSA) is 74.7 Å². The predicted octanol–water partition coefficient (Wildman–Crippen LogP) is 3.98. The first kappa shape index (κ1) is 25.7. The lowest BCUT2D eigenvalue weighted by molar-refractivity contribution is -0.138. The first-order valence-electron chi connectivity index (χ1n) is 11.7. The Morgan fingerprint density at radius 2 is 1.81 bits per heavy atom. The van der Waals surface area contributed by atoms with Crippen LogP contribution in [0.1, 0.15) is 28.2 Å². The van der Waals surface area contributed by atoms with E-state index in [4.69, 9.17) is 4.74 Å². The van der Waals surface area contributed by atoms with Crippen molar-refractivity contribution in [1.82, 2.24) is 10.3 Å². The number of pyridine rings is 1. The van der Waals surface area contributed by atoms with Crippen molar-refractivity contribution in [1.29, 1.82) is 0 Å². The molecule has 0 spiro atoms. The Morgan fingerprint density at radius 1 is 1.08 bits per heavy atom. The molecule has 190 valence electrons. The van der Waals surface area contributed by atoms with E-state index < -0.39 is 29.7 Å². The molecule has 1 unspecified atom stereocenters. The molecule has 0 fully saturated rings. The van der Waals surface area contributed by atoms with Crippen LogP contribution >= 0.6 is 0 Å². The lowest BCUT2D eigenvalue weighted by atomic mass is 9.86. The van der Waals surface area contributed by atoms with Gasteiger partial charge < -0.3 is 20.1 Å². The summed E-state index contributed by atoms with van der Waals surface area (Å²) in [5.41, 5.74) is 1.06. The van der Waals surface area contributed by atoms with Gasteiger partial charge in [0.1, 0.15) is 11.9 Å². The molecular weight excluding hydrogens is 471 g/mol. The molecule has 36 heavy (non-hydrogen) atoms. The normalized spacial score (nSPS) is 18.0. The maximum absolute atomic E-state index is 14.0. The van der Waals surface area contributed by atoms with Crippen LogP contribution in [0.15, 0.2) is 67.0 Å². The molecule has 0 radical (unpaired) electrons. The van der Waals surface area contributed by atoms with Gasteiger partial charge in [-0.1, -0.05) is 18.2 Å². The molecular formula is C27H28F3N3O3. The van der Waals surface area contributed by atoms with Crippen molar-refractivity contribution in [3.63, 3.8) is 0 Å². The molecule has 0 bridgehead atoms. The van der Waals surface area contributed by atoms with Crippen molar-refractivity contribution < 1.29 is 27.8 Å². The highest BCUT2D eigenvalue weighted by molar-refractivity contribution is 5.99. The highest BCUT2D eigenvalue weighted by Crippen LogP contribution is 2.42. The van der Waals surface area contributed by atoms with Gasteiger partial charge in [-0.15, -0.1) is 0 Å². The maximum atomic E-state index is 14.0. The smallest absolute Gasteiger partial charge is 0.416 e. The van der Waals surface area contributed by atoms with Crippen LogP contribution in [0, 0.1) is 0 Å². The Labute approximate surface area is 207 Å². The number of benzene rings is 2. The number of amides is 1. The zero-order chi connectivity index (χ0) is 25.7. The highest BCUT2D eigenvalue weighted by atomic mass is 19.4. The summed E-state index contributed by atoms with van der Waals surface area (Å²) in [5.74, 6) is -0.885. The largest absolute Gasteiger partial charge is 0.497 e. The van der Waals surface area contributed by atoms with Gasteiger partial charge in [-0.25, -0.2) is 0 Å². The SMILES string of the molecule is COc1ccc(C2Cc3c(cccc3C(F)(F)F)N(CCNCCc3ccncc3)C(=O)[C@@H]2O)cc1. The molecule has 0 saturated heterocycles. The molecule has 1 aromatic heterocycles. The average molecular weight is 500 g/mol. The summed E-state index contributed by atoms with van der Waals surface area (Å²) in [6.07, 6.45) is -2.06. The minimum atomic E-state index is -4.59. The van der Waals surface area contributed by atoms with Gasteiger partial charge in [0.25, 0.3) is 5.91 Å². The van der Waals surface area contributed by atoms with E-state index in [9.17, 15) is 23.1 Å². The molecule has 2 atom stereocenters.